The molecule has 0 spiro atoms. The van der Waals surface area contributed by atoms with Gasteiger partial charge < -0.3 is 4.74 Å². The molecule has 0 aliphatic heterocycles. The van der Waals surface area contributed by atoms with Crippen LogP contribution in [0.5, 0.6) is 5.75 Å². The van der Waals surface area contributed by atoms with E-state index in [0.717, 1.165) is 23.1 Å². The summed E-state index contributed by atoms with van der Waals surface area (Å²) in [6, 6.07) is 14.8. The minimum Gasteiger partial charge on any atom is -0.490 e. The van der Waals surface area contributed by atoms with Crippen molar-refractivity contribution in [2.75, 3.05) is 0 Å². The van der Waals surface area contributed by atoms with Gasteiger partial charge in [-0.15, -0.1) is 0 Å². The average Bonchev–Trinajstić information content (AvgIpc) is 3.22. The van der Waals surface area contributed by atoms with E-state index < -0.39 is 0 Å². The molecular formula is C16H13BrO2. The molecule has 2 aromatic carbocycles. The van der Waals surface area contributed by atoms with Gasteiger partial charge in [-0.05, 0) is 37.1 Å². The number of halogens is 1. The fraction of sp³-hybridized carbons (Fsp3) is 0.188. The van der Waals surface area contributed by atoms with Gasteiger partial charge in [0, 0.05) is 15.6 Å². The van der Waals surface area contributed by atoms with E-state index in [1.165, 1.54) is 0 Å². The van der Waals surface area contributed by atoms with Crippen LogP contribution < -0.4 is 4.74 Å². The van der Waals surface area contributed by atoms with Gasteiger partial charge >= 0.3 is 0 Å². The van der Waals surface area contributed by atoms with Crippen LogP contribution in [0.4, 0.5) is 0 Å². The number of ether oxygens (including phenoxy) is 1. The topological polar surface area (TPSA) is 26.3 Å². The maximum atomic E-state index is 12.4. The van der Waals surface area contributed by atoms with Crippen LogP contribution in [0.3, 0.4) is 0 Å². The van der Waals surface area contributed by atoms with Gasteiger partial charge in [0.25, 0.3) is 0 Å². The molecule has 2 aromatic rings. The first-order valence-electron chi connectivity index (χ1n) is 6.29. The number of rotatable bonds is 4. The van der Waals surface area contributed by atoms with Crippen LogP contribution in [0.2, 0.25) is 0 Å². The van der Waals surface area contributed by atoms with E-state index in [4.69, 9.17) is 4.74 Å². The molecule has 0 unspecified atom stereocenters. The zero-order chi connectivity index (χ0) is 13.2. The van der Waals surface area contributed by atoms with Crippen LogP contribution in [0.1, 0.15) is 28.8 Å². The zero-order valence-electron chi connectivity index (χ0n) is 10.3. The monoisotopic (exact) mass is 316 g/mol. The second kappa shape index (κ2) is 5.17. The fourth-order valence-corrected chi connectivity index (χ4v) is 2.28. The van der Waals surface area contributed by atoms with Gasteiger partial charge in [0.05, 0.1) is 6.10 Å². The van der Waals surface area contributed by atoms with Gasteiger partial charge in [-0.3, -0.25) is 4.79 Å². The molecule has 2 nitrogen and oxygen atoms in total. The van der Waals surface area contributed by atoms with Crippen LogP contribution in [0.25, 0.3) is 0 Å². The summed E-state index contributed by atoms with van der Waals surface area (Å²) in [5.41, 5.74) is 1.34. The van der Waals surface area contributed by atoms with Gasteiger partial charge in [-0.1, -0.05) is 40.2 Å². The first kappa shape index (κ1) is 12.4. The van der Waals surface area contributed by atoms with Crippen molar-refractivity contribution >= 4 is 21.7 Å². The number of carbonyl (C=O) groups excluding carboxylic acids is 1. The Balaban J connectivity index is 1.86. The molecule has 0 heterocycles. The third kappa shape index (κ3) is 3.04. The van der Waals surface area contributed by atoms with Crippen molar-refractivity contribution in [2.24, 2.45) is 0 Å². The van der Waals surface area contributed by atoms with Crippen LogP contribution in [0, 0.1) is 0 Å². The van der Waals surface area contributed by atoms with Gasteiger partial charge in [-0.2, -0.15) is 0 Å². The van der Waals surface area contributed by atoms with Gasteiger partial charge in [0.2, 0.25) is 0 Å². The first-order valence-corrected chi connectivity index (χ1v) is 7.09. The highest BCUT2D eigenvalue weighted by Crippen LogP contribution is 2.27. The maximum absolute atomic E-state index is 12.4. The largest absolute Gasteiger partial charge is 0.490 e. The number of benzene rings is 2. The number of ketones is 1. The summed E-state index contributed by atoms with van der Waals surface area (Å²) in [6.45, 7) is 0. The molecule has 0 aromatic heterocycles. The Kier molecular flexibility index (Phi) is 3.38. The molecule has 0 atom stereocenters. The van der Waals surface area contributed by atoms with E-state index >= 15 is 0 Å². The molecule has 0 N–H and O–H groups in total. The standard InChI is InChI=1S/C16H13BrO2/c17-13-5-1-3-11(9-13)16(18)12-4-2-6-15(10-12)19-14-7-8-14/h1-6,9-10,14H,7-8H2. The molecule has 0 amide bonds. The molecule has 3 rings (SSSR count). The molecule has 1 fully saturated rings. The predicted molar refractivity (Wildman–Crippen MR) is 77.7 cm³/mol. The lowest BCUT2D eigenvalue weighted by molar-refractivity contribution is 0.103. The van der Waals surface area contributed by atoms with E-state index in [9.17, 15) is 4.79 Å². The zero-order valence-corrected chi connectivity index (χ0v) is 11.9. The summed E-state index contributed by atoms with van der Waals surface area (Å²) in [4.78, 5) is 12.4. The summed E-state index contributed by atoms with van der Waals surface area (Å²) in [7, 11) is 0. The molecule has 0 radical (unpaired) electrons. The first-order chi connectivity index (χ1) is 9.22. The second-order valence-electron chi connectivity index (χ2n) is 4.68. The minimum atomic E-state index is 0.0162. The van der Waals surface area contributed by atoms with Crippen LogP contribution in [-0.4, -0.2) is 11.9 Å². The third-order valence-electron chi connectivity index (χ3n) is 3.01. The quantitative estimate of drug-likeness (QED) is 0.789. The Morgan fingerprint density at radius 1 is 1.05 bits per heavy atom. The lowest BCUT2D eigenvalue weighted by Crippen LogP contribution is -2.02. The highest BCUT2D eigenvalue weighted by atomic mass is 79.9. The number of hydrogen-bond donors (Lipinski definition) is 0. The van der Waals surface area contributed by atoms with Crippen molar-refractivity contribution in [1.82, 2.24) is 0 Å². The van der Waals surface area contributed by atoms with Gasteiger partial charge in [0.1, 0.15) is 5.75 Å². The van der Waals surface area contributed by atoms with E-state index in [0.29, 0.717) is 17.2 Å². The van der Waals surface area contributed by atoms with Crippen LogP contribution in [0.15, 0.2) is 53.0 Å². The van der Waals surface area contributed by atoms with Crippen molar-refractivity contribution in [3.05, 3.63) is 64.1 Å². The molecular weight excluding hydrogens is 304 g/mol. The Labute approximate surface area is 120 Å². The van der Waals surface area contributed by atoms with Crippen molar-refractivity contribution < 1.29 is 9.53 Å². The van der Waals surface area contributed by atoms with Gasteiger partial charge in [0.15, 0.2) is 5.78 Å². The predicted octanol–water partition coefficient (Wildman–Crippen LogP) is 4.22. The van der Waals surface area contributed by atoms with E-state index in [1.54, 1.807) is 0 Å². The second-order valence-corrected chi connectivity index (χ2v) is 5.60. The van der Waals surface area contributed by atoms with E-state index in [2.05, 4.69) is 15.9 Å². The Bertz CT molecular complexity index is 618. The molecule has 1 saturated carbocycles. The van der Waals surface area contributed by atoms with E-state index in [-0.39, 0.29) is 5.78 Å². The molecule has 1 aliphatic rings. The van der Waals surface area contributed by atoms with Crippen LogP contribution in [-0.2, 0) is 0 Å². The highest BCUT2D eigenvalue weighted by molar-refractivity contribution is 9.10. The Hall–Kier alpha value is -1.61. The average molecular weight is 317 g/mol. The van der Waals surface area contributed by atoms with Crippen molar-refractivity contribution in [3.63, 3.8) is 0 Å². The van der Waals surface area contributed by atoms with Crippen molar-refractivity contribution in [2.45, 2.75) is 18.9 Å². The SMILES string of the molecule is O=C(c1cccc(Br)c1)c1cccc(OC2CC2)c1. The van der Waals surface area contributed by atoms with Crippen molar-refractivity contribution in [1.29, 1.82) is 0 Å². The highest BCUT2D eigenvalue weighted by Gasteiger charge is 2.23. The summed E-state index contributed by atoms with van der Waals surface area (Å²) in [6.07, 6.45) is 2.57. The maximum Gasteiger partial charge on any atom is 0.193 e. The molecule has 19 heavy (non-hydrogen) atoms. The minimum absolute atomic E-state index is 0.0162. The lowest BCUT2D eigenvalue weighted by Gasteiger charge is -2.06. The number of carbonyl (C=O) groups is 1. The van der Waals surface area contributed by atoms with Crippen molar-refractivity contribution in [3.8, 4) is 5.75 Å². The number of hydrogen-bond acceptors (Lipinski definition) is 2. The third-order valence-corrected chi connectivity index (χ3v) is 3.50. The molecule has 3 heteroatoms. The lowest BCUT2D eigenvalue weighted by atomic mass is 10.0. The van der Waals surface area contributed by atoms with Crippen LogP contribution >= 0.6 is 15.9 Å². The summed E-state index contributed by atoms with van der Waals surface area (Å²) in [5.74, 6) is 0.797. The molecule has 96 valence electrons. The summed E-state index contributed by atoms with van der Waals surface area (Å²) < 4.78 is 6.62. The Morgan fingerprint density at radius 2 is 1.74 bits per heavy atom. The smallest absolute Gasteiger partial charge is 0.193 e. The normalized spacial score (nSPS) is 14.2. The summed E-state index contributed by atoms with van der Waals surface area (Å²) in [5, 5.41) is 0. The summed E-state index contributed by atoms with van der Waals surface area (Å²) >= 11 is 3.38. The molecule has 0 saturated heterocycles. The van der Waals surface area contributed by atoms with E-state index in [1.807, 2.05) is 48.5 Å². The molecule has 1 aliphatic carbocycles. The molecule has 0 bridgehead atoms. The Morgan fingerprint density at radius 3 is 2.42 bits per heavy atom. The van der Waals surface area contributed by atoms with Gasteiger partial charge in [-0.25, -0.2) is 0 Å². The fourth-order valence-electron chi connectivity index (χ4n) is 1.89.